The van der Waals surface area contributed by atoms with Crippen molar-refractivity contribution >= 4 is 23.2 Å². The molecule has 2 amide bonds. The third-order valence-corrected chi connectivity index (χ3v) is 7.06. The normalized spacial score (nSPS) is 14.9. The molecule has 0 saturated heterocycles. The first-order valence-corrected chi connectivity index (χ1v) is 12.5. The molecule has 0 unspecified atom stereocenters. The van der Waals surface area contributed by atoms with Gasteiger partial charge in [0, 0.05) is 12.6 Å². The second-order valence-corrected chi connectivity index (χ2v) is 9.50. The van der Waals surface area contributed by atoms with Crippen molar-refractivity contribution in [3.63, 3.8) is 0 Å². The summed E-state index contributed by atoms with van der Waals surface area (Å²) in [5.41, 5.74) is 1.44. The molecule has 0 aliphatic heterocycles. The maximum absolute atomic E-state index is 13.7. The molecule has 1 aliphatic rings. The number of nitrogens with zero attached hydrogens (tertiary/aromatic N) is 1. The third kappa shape index (κ3) is 5.83. The van der Waals surface area contributed by atoms with Crippen LogP contribution in [0.25, 0.3) is 0 Å². The van der Waals surface area contributed by atoms with E-state index in [9.17, 15) is 14.0 Å². The monoisotopic (exact) mass is 480 g/mol. The Labute approximate surface area is 203 Å². The highest BCUT2D eigenvalue weighted by molar-refractivity contribution is 7.12. The number of benzene rings is 2. The molecule has 2 aromatic carbocycles. The number of ether oxygens (including phenoxy) is 1. The molecule has 1 aliphatic carbocycles. The van der Waals surface area contributed by atoms with E-state index in [0.717, 1.165) is 31.2 Å². The van der Waals surface area contributed by atoms with Gasteiger partial charge in [0.05, 0.1) is 12.0 Å². The summed E-state index contributed by atoms with van der Waals surface area (Å²) in [6, 6.07) is 16.1. The van der Waals surface area contributed by atoms with Crippen molar-refractivity contribution < 1.29 is 18.7 Å². The molecule has 0 radical (unpaired) electrons. The van der Waals surface area contributed by atoms with Crippen LogP contribution in [-0.2, 0) is 11.3 Å². The minimum Gasteiger partial charge on any atom is -0.497 e. The largest absolute Gasteiger partial charge is 0.497 e. The highest BCUT2D eigenvalue weighted by Crippen LogP contribution is 2.29. The quantitative estimate of drug-likeness (QED) is 0.448. The van der Waals surface area contributed by atoms with Crippen LogP contribution in [0, 0.1) is 5.82 Å². The Morgan fingerprint density at radius 1 is 1.06 bits per heavy atom. The van der Waals surface area contributed by atoms with E-state index in [4.69, 9.17) is 4.74 Å². The average Bonchev–Trinajstić information content (AvgIpc) is 3.41. The predicted molar refractivity (Wildman–Crippen MR) is 131 cm³/mol. The predicted octanol–water partition coefficient (Wildman–Crippen LogP) is 5.73. The van der Waals surface area contributed by atoms with Crippen molar-refractivity contribution in [2.75, 3.05) is 7.11 Å². The number of rotatable bonds is 8. The van der Waals surface area contributed by atoms with Crippen LogP contribution in [0.3, 0.4) is 0 Å². The van der Waals surface area contributed by atoms with E-state index in [1.165, 1.54) is 29.9 Å². The molecule has 0 spiro atoms. The summed E-state index contributed by atoms with van der Waals surface area (Å²) in [6.07, 6.45) is 5.24. The number of hydrogen-bond donors (Lipinski definition) is 1. The standard InChI is InChI=1S/C27H29FN2O3S/c1-33-23-15-11-20(12-16-23)25(26(31)29-22-6-3-2-4-7-22)30(27(32)24-8-5-17-34-24)18-19-9-13-21(28)14-10-19/h5,8-17,22,25H,2-4,6-7,18H2,1H3,(H,29,31)/t25-/m1/s1. The lowest BCUT2D eigenvalue weighted by Crippen LogP contribution is -2.46. The van der Waals surface area contributed by atoms with Crippen LogP contribution in [0.5, 0.6) is 5.75 Å². The van der Waals surface area contributed by atoms with Crippen LogP contribution in [0.4, 0.5) is 4.39 Å². The zero-order valence-corrected chi connectivity index (χ0v) is 20.0. The Morgan fingerprint density at radius 2 is 1.76 bits per heavy atom. The molecule has 1 aromatic heterocycles. The van der Waals surface area contributed by atoms with Gasteiger partial charge in [0.2, 0.25) is 5.91 Å². The molecule has 178 valence electrons. The lowest BCUT2D eigenvalue weighted by atomic mass is 9.94. The maximum Gasteiger partial charge on any atom is 0.265 e. The topological polar surface area (TPSA) is 58.6 Å². The Bertz CT molecular complexity index is 1080. The van der Waals surface area contributed by atoms with E-state index < -0.39 is 6.04 Å². The minimum absolute atomic E-state index is 0.103. The van der Waals surface area contributed by atoms with Crippen molar-refractivity contribution in [2.45, 2.75) is 50.7 Å². The summed E-state index contributed by atoms with van der Waals surface area (Å²) in [4.78, 5) is 29.5. The van der Waals surface area contributed by atoms with Gasteiger partial charge < -0.3 is 15.0 Å². The van der Waals surface area contributed by atoms with Crippen molar-refractivity contribution in [2.24, 2.45) is 0 Å². The molecule has 1 fully saturated rings. The van der Waals surface area contributed by atoms with Gasteiger partial charge in [-0.15, -0.1) is 11.3 Å². The lowest BCUT2D eigenvalue weighted by Gasteiger charge is -2.33. The molecule has 1 atom stereocenters. The number of nitrogens with one attached hydrogen (secondary N) is 1. The van der Waals surface area contributed by atoms with E-state index in [2.05, 4.69) is 5.32 Å². The number of carbonyl (C=O) groups excluding carboxylic acids is 2. The van der Waals surface area contributed by atoms with Gasteiger partial charge in [-0.2, -0.15) is 0 Å². The Balaban J connectivity index is 1.72. The first kappa shape index (κ1) is 24.0. The molecule has 0 bridgehead atoms. The fourth-order valence-electron chi connectivity index (χ4n) is 4.39. The van der Waals surface area contributed by atoms with Crippen molar-refractivity contribution in [1.82, 2.24) is 10.2 Å². The summed E-state index contributed by atoms with van der Waals surface area (Å²) in [5, 5.41) is 5.04. The first-order chi connectivity index (χ1) is 16.5. The molecule has 4 rings (SSSR count). The second-order valence-electron chi connectivity index (χ2n) is 8.56. The molecule has 34 heavy (non-hydrogen) atoms. The number of carbonyl (C=O) groups is 2. The second kappa shape index (κ2) is 11.3. The van der Waals surface area contributed by atoms with E-state index in [1.54, 1.807) is 42.3 Å². The maximum atomic E-state index is 13.7. The highest BCUT2D eigenvalue weighted by atomic mass is 32.1. The Morgan fingerprint density at radius 3 is 2.38 bits per heavy atom. The van der Waals surface area contributed by atoms with Gasteiger partial charge >= 0.3 is 0 Å². The van der Waals surface area contributed by atoms with Gasteiger partial charge in [-0.25, -0.2) is 4.39 Å². The van der Waals surface area contributed by atoms with Gasteiger partial charge in [-0.1, -0.05) is 49.6 Å². The summed E-state index contributed by atoms with van der Waals surface area (Å²) < 4.78 is 18.8. The van der Waals surface area contributed by atoms with E-state index in [0.29, 0.717) is 16.2 Å². The average molecular weight is 481 g/mol. The van der Waals surface area contributed by atoms with Crippen molar-refractivity contribution in [1.29, 1.82) is 0 Å². The van der Waals surface area contributed by atoms with Crippen LogP contribution >= 0.6 is 11.3 Å². The molecule has 1 N–H and O–H groups in total. The Kier molecular flexibility index (Phi) is 7.95. The van der Waals surface area contributed by atoms with Gasteiger partial charge in [-0.05, 0) is 59.7 Å². The van der Waals surface area contributed by atoms with Crippen LogP contribution in [0.2, 0.25) is 0 Å². The molecule has 5 nitrogen and oxygen atoms in total. The van der Waals surface area contributed by atoms with Crippen LogP contribution in [-0.4, -0.2) is 29.9 Å². The zero-order chi connectivity index (χ0) is 23.9. The molecule has 1 saturated carbocycles. The van der Waals surface area contributed by atoms with Crippen molar-refractivity contribution in [3.8, 4) is 5.75 Å². The summed E-state index contributed by atoms with van der Waals surface area (Å²) in [6.45, 7) is 0.172. The number of halogens is 1. The van der Waals surface area contributed by atoms with Gasteiger partial charge in [0.25, 0.3) is 5.91 Å². The van der Waals surface area contributed by atoms with Crippen LogP contribution in [0.1, 0.15) is 58.9 Å². The molecule has 7 heteroatoms. The van der Waals surface area contributed by atoms with Gasteiger partial charge in [0.15, 0.2) is 0 Å². The molecular formula is C27H29FN2O3S. The van der Waals surface area contributed by atoms with E-state index in [1.807, 2.05) is 23.6 Å². The lowest BCUT2D eigenvalue weighted by molar-refractivity contribution is -0.127. The summed E-state index contributed by atoms with van der Waals surface area (Å²) in [5.74, 6) is -0.116. The number of hydrogen-bond acceptors (Lipinski definition) is 4. The summed E-state index contributed by atoms with van der Waals surface area (Å²) >= 11 is 1.34. The Hall–Kier alpha value is -3.19. The third-order valence-electron chi connectivity index (χ3n) is 6.20. The zero-order valence-electron chi connectivity index (χ0n) is 19.2. The summed E-state index contributed by atoms with van der Waals surface area (Å²) in [7, 11) is 1.59. The number of amides is 2. The first-order valence-electron chi connectivity index (χ1n) is 11.6. The fourth-order valence-corrected chi connectivity index (χ4v) is 5.07. The smallest absolute Gasteiger partial charge is 0.265 e. The SMILES string of the molecule is COc1ccc([C@H](C(=O)NC2CCCCC2)N(Cc2ccc(F)cc2)C(=O)c2cccs2)cc1. The van der Waals surface area contributed by atoms with Crippen LogP contribution in [0.15, 0.2) is 66.0 Å². The minimum atomic E-state index is -0.840. The number of methoxy groups -OCH3 is 1. The van der Waals surface area contributed by atoms with Gasteiger partial charge in [0.1, 0.15) is 17.6 Å². The van der Waals surface area contributed by atoms with E-state index >= 15 is 0 Å². The van der Waals surface area contributed by atoms with Crippen LogP contribution < -0.4 is 10.1 Å². The fraction of sp³-hybridized carbons (Fsp3) is 0.333. The van der Waals surface area contributed by atoms with Gasteiger partial charge in [-0.3, -0.25) is 9.59 Å². The number of thiophene rings is 1. The van der Waals surface area contributed by atoms with Crippen molar-refractivity contribution in [3.05, 3.63) is 87.9 Å². The molecule has 3 aromatic rings. The van der Waals surface area contributed by atoms with E-state index in [-0.39, 0.29) is 30.2 Å². The molecule has 1 heterocycles. The molecular weight excluding hydrogens is 451 g/mol. The highest BCUT2D eigenvalue weighted by Gasteiger charge is 2.34.